The van der Waals surface area contributed by atoms with Gasteiger partial charge in [-0.3, -0.25) is 4.98 Å². The largest absolute Gasteiger partial charge is 0.492 e. The number of aromatic nitrogens is 1. The van der Waals surface area contributed by atoms with Gasteiger partial charge in [0.25, 0.3) is 0 Å². The third-order valence-electron chi connectivity index (χ3n) is 3.16. The number of nitrogens with zero attached hydrogens (tertiary/aromatic N) is 1. The van der Waals surface area contributed by atoms with E-state index in [1.165, 1.54) is 0 Å². The predicted molar refractivity (Wildman–Crippen MR) is 72.9 cm³/mol. The molecule has 102 valence electrons. The summed E-state index contributed by atoms with van der Waals surface area (Å²) in [4.78, 5) is 4.37. The van der Waals surface area contributed by atoms with Crippen LogP contribution in [-0.4, -0.2) is 31.3 Å². The van der Waals surface area contributed by atoms with Gasteiger partial charge >= 0.3 is 0 Å². The number of hydrogen-bond acceptors (Lipinski definition) is 4. The number of ether oxygens (including phenoxy) is 2. The summed E-state index contributed by atoms with van der Waals surface area (Å²) in [6.45, 7) is 6.80. The van der Waals surface area contributed by atoms with Crippen LogP contribution < -0.4 is 10.1 Å². The average molecular weight is 252 g/mol. The molecule has 1 atom stereocenters. The van der Waals surface area contributed by atoms with E-state index in [2.05, 4.69) is 17.2 Å². The average Bonchev–Trinajstić information content (AvgIpc) is 2.38. The van der Waals surface area contributed by atoms with Crippen LogP contribution in [0.2, 0.25) is 0 Å². The lowest BCUT2D eigenvalue weighted by molar-refractivity contribution is 0.00542. The lowest BCUT2D eigenvalue weighted by Crippen LogP contribution is -2.25. The van der Waals surface area contributed by atoms with Crippen molar-refractivity contribution in [1.29, 1.82) is 0 Å². The molecule has 0 saturated heterocycles. The van der Waals surface area contributed by atoms with Crippen LogP contribution in [0.5, 0.6) is 5.75 Å². The fraction of sp³-hybridized carbons (Fsp3) is 0.643. The van der Waals surface area contributed by atoms with E-state index in [0.29, 0.717) is 6.61 Å². The molecule has 1 heterocycles. The lowest BCUT2D eigenvalue weighted by atomic mass is 10.1. The normalized spacial score (nSPS) is 13.4. The molecule has 0 amide bonds. The van der Waals surface area contributed by atoms with Crippen molar-refractivity contribution < 1.29 is 9.47 Å². The van der Waals surface area contributed by atoms with Gasteiger partial charge < -0.3 is 14.8 Å². The first-order valence-electron chi connectivity index (χ1n) is 6.29. The van der Waals surface area contributed by atoms with Gasteiger partial charge in [0.15, 0.2) is 0 Å². The molecule has 0 aliphatic carbocycles. The van der Waals surface area contributed by atoms with E-state index < -0.39 is 0 Å². The molecule has 0 spiro atoms. The number of hydrogen-bond donors (Lipinski definition) is 1. The minimum atomic E-state index is -0.145. The molecule has 1 rings (SSSR count). The van der Waals surface area contributed by atoms with E-state index >= 15 is 0 Å². The summed E-state index contributed by atoms with van der Waals surface area (Å²) >= 11 is 0. The maximum atomic E-state index is 5.65. The summed E-state index contributed by atoms with van der Waals surface area (Å²) < 4.78 is 11.0. The standard InChI is InChI=1S/C14H24N2O2/c1-11(15-4)13-7-6-12(10-16-13)18-9-8-14(2,3)17-5/h6-7,10-11,15H,8-9H2,1-5H3. The first kappa shape index (κ1) is 14.9. The topological polar surface area (TPSA) is 43.4 Å². The summed E-state index contributed by atoms with van der Waals surface area (Å²) in [6, 6.07) is 4.19. The monoisotopic (exact) mass is 252 g/mol. The van der Waals surface area contributed by atoms with E-state index in [0.717, 1.165) is 17.9 Å². The number of methoxy groups -OCH3 is 1. The summed E-state index contributed by atoms with van der Waals surface area (Å²) in [5.74, 6) is 0.800. The lowest BCUT2D eigenvalue weighted by Gasteiger charge is -2.22. The molecular weight excluding hydrogens is 228 g/mol. The molecule has 1 aromatic heterocycles. The highest BCUT2D eigenvalue weighted by Crippen LogP contribution is 2.16. The summed E-state index contributed by atoms with van der Waals surface area (Å²) in [5.41, 5.74) is 0.871. The van der Waals surface area contributed by atoms with Gasteiger partial charge in [-0.1, -0.05) is 0 Å². The Morgan fingerprint density at radius 3 is 2.61 bits per heavy atom. The Labute approximate surface area is 110 Å². The molecule has 1 unspecified atom stereocenters. The van der Waals surface area contributed by atoms with E-state index in [1.54, 1.807) is 13.3 Å². The SMILES string of the molecule is CNC(C)c1ccc(OCCC(C)(C)OC)cn1. The Kier molecular flexibility index (Phi) is 5.56. The highest BCUT2D eigenvalue weighted by atomic mass is 16.5. The molecule has 0 aliphatic heterocycles. The highest BCUT2D eigenvalue weighted by molar-refractivity contribution is 5.21. The van der Waals surface area contributed by atoms with Crippen LogP contribution in [0.1, 0.15) is 38.9 Å². The van der Waals surface area contributed by atoms with Crippen molar-refractivity contribution in [2.75, 3.05) is 20.8 Å². The van der Waals surface area contributed by atoms with Crippen molar-refractivity contribution in [2.24, 2.45) is 0 Å². The molecule has 0 aromatic carbocycles. The van der Waals surface area contributed by atoms with Crippen LogP contribution >= 0.6 is 0 Å². The third-order valence-corrected chi connectivity index (χ3v) is 3.16. The van der Waals surface area contributed by atoms with Crippen molar-refractivity contribution in [3.8, 4) is 5.75 Å². The van der Waals surface area contributed by atoms with Crippen molar-refractivity contribution in [3.63, 3.8) is 0 Å². The van der Waals surface area contributed by atoms with Crippen LogP contribution in [0.25, 0.3) is 0 Å². The maximum absolute atomic E-state index is 5.65. The Morgan fingerprint density at radius 2 is 2.11 bits per heavy atom. The maximum Gasteiger partial charge on any atom is 0.137 e. The number of pyridine rings is 1. The summed E-state index contributed by atoms with van der Waals surface area (Å²) in [6.07, 6.45) is 2.61. The van der Waals surface area contributed by atoms with Gasteiger partial charge in [-0.05, 0) is 40.0 Å². The summed E-state index contributed by atoms with van der Waals surface area (Å²) in [7, 11) is 3.64. The second-order valence-corrected chi connectivity index (χ2v) is 4.99. The first-order valence-corrected chi connectivity index (χ1v) is 6.29. The fourth-order valence-electron chi connectivity index (χ4n) is 1.40. The van der Waals surface area contributed by atoms with Gasteiger partial charge in [0.05, 0.1) is 24.1 Å². The predicted octanol–water partition coefficient (Wildman–Crippen LogP) is 2.56. The zero-order valence-corrected chi connectivity index (χ0v) is 12.0. The van der Waals surface area contributed by atoms with Gasteiger partial charge in [0.2, 0.25) is 0 Å². The number of nitrogens with one attached hydrogen (secondary N) is 1. The van der Waals surface area contributed by atoms with Crippen LogP contribution in [-0.2, 0) is 4.74 Å². The zero-order valence-electron chi connectivity index (χ0n) is 12.0. The molecule has 1 N–H and O–H groups in total. The van der Waals surface area contributed by atoms with Crippen LogP contribution in [0.3, 0.4) is 0 Å². The van der Waals surface area contributed by atoms with Gasteiger partial charge in [0.1, 0.15) is 5.75 Å². The van der Waals surface area contributed by atoms with Crippen LogP contribution in [0.4, 0.5) is 0 Å². The Bertz CT molecular complexity index is 349. The van der Waals surface area contributed by atoms with Crippen molar-refractivity contribution in [2.45, 2.75) is 38.8 Å². The first-order chi connectivity index (χ1) is 8.48. The zero-order chi connectivity index (χ0) is 13.6. The van der Waals surface area contributed by atoms with Crippen molar-refractivity contribution in [3.05, 3.63) is 24.0 Å². The van der Waals surface area contributed by atoms with Gasteiger partial charge in [-0.2, -0.15) is 0 Å². The molecular formula is C14H24N2O2. The molecule has 0 saturated carbocycles. The molecule has 0 fully saturated rings. The van der Waals surface area contributed by atoms with Gasteiger partial charge in [0, 0.05) is 19.6 Å². The number of rotatable bonds is 7. The minimum absolute atomic E-state index is 0.145. The van der Waals surface area contributed by atoms with Crippen LogP contribution in [0.15, 0.2) is 18.3 Å². The minimum Gasteiger partial charge on any atom is -0.492 e. The molecule has 4 heteroatoms. The van der Waals surface area contributed by atoms with E-state index in [-0.39, 0.29) is 11.6 Å². The van der Waals surface area contributed by atoms with Gasteiger partial charge in [-0.15, -0.1) is 0 Å². The molecule has 1 aromatic rings. The van der Waals surface area contributed by atoms with E-state index in [1.807, 2.05) is 33.0 Å². The molecule has 4 nitrogen and oxygen atoms in total. The van der Waals surface area contributed by atoms with Crippen molar-refractivity contribution >= 4 is 0 Å². The second-order valence-electron chi connectivity index (χ2n) is 4.99. The second kappa shape index (κ2) is 6.71. The Balaban J connectivity index is 2.45. The molecule has 0 aliphatic rings. The molecule has 18 heavy (non-hydrogen) atoms. The molecule has 0 radical (unpaired) electrons. The summed E-state index contributed by atoms with van der Waals surface area (Å²) in [5, 5.41) is 3.15. The fourth-order valence-corrected chi connectivity index (χ4v) is 1.40. The van der Waals surface area contributed by atoms with Crippen molar-refractivity contribution in [1.82, 2.24) is 10.3 Å². The third kappa shape index (κ3) is 4.63. The van der Waals surface area contributed by atoms with E-state index in [4.69, 9.17) is 9.47 Å². The highest BCUT2D eigenvalue weighted by Gasteiger charge is 2.16. The smallest absolute Gasteiger partial charge is 0.137 e. The van der Waals surface area contributed by atoms with E-state index in [9.17, 15) is 0 Å². The Hall–Kier alpha value is -1.13. The van der Waals surface area contributed by atoms with Crippen LogP contribution in [0, 0.1) is 0 Å². The van der Waals surface area contributed by atoms with Gasteiger partial charge in [-0.25, -0.2) is 0 Å². The quantitative estimate of drug-likeness (QED) is 0.810. The molecule has 0 bridgehead atoms. The Morgan fingerprint density at radius 1 is 1.39 bits per heavy atom.